The lowest BCUT2D eigenvalue weighted by molar-refractivity contribution is 0.00694. The summed E-state index contributed by atoms with van der Waals surface area (Å²) >= 11 is 6.52. The van der Waals surface area contributed by atoms with E-state index in [0.29, 0.717) is 48.2 Å². The number of allylic oxidation sites excluding steroid dienone is 1. The van der Waals surface area contributed by atoms with E-state index in [2.05, 4.69) is 23.1 Å². The Morgan fingerprint density at radius 3 is 2.09 bits per heavy atom. The Balaban J connectivity index is 1.08. The molecule has 1 heterocycles. The van der Waals surface area contributed by atoms with Crippen molar-refractivity contribution in [1.29, 1.82) is 0 Å². The van der Waals surface area contributed by atoms with Gasteiger partial charge >= 0.3 is 5.97 Å². The van der Waals surface area contributed by atoms with Crippen LogP contribution in [0.1, 0.15) is 99.3 Å². The topological polar surface area (TPSA) is 115 Å². The molecule has 3 aliphatic rings. The van der Waals surface area contributed by atoms with Crippen LogP contribution in [0.4, 0.5) is 5.69 Å². The van der Waals surface area contributed by atoms with Crippen LogP contribution < -0.4 is 19.1 Å². The Labute approximate surface area is 385 Å². The molecule has 0 bridgehead atoms. The van der Waals surface area contributed by atoms with Gasteiger partial charge < -0.3 is 29.0 Å². The van der Waals surface area contributed by atoms with Gasteiger partial charge in [-0.2, -0.15) is 4.31 Å². The maximum absolute atomic E-state index is 14.4. The first-order valence-electron chi connectivity index (χ1n) is 22.6. The standard InChI is InChI=1S/C52H65ClN2O8S/c1-51(2,3)63-50(57)38-17-24-48-47(29-38)54(32-39-15-18-43(53)28-37(39)10-8-9-25-62-48)33-40-16-23-46(40)49(56)41-26-42(27-41)52(4,5)34-64(58,59)55(30-35-11-19-44(60-6)20-12-35)31-36-13-21-45(61-7)22-14-36/h11-15,17-22,24,26,28-29,40,42,46,49,56H,8-10,16,23,25,27,30-34H2,1-7H3/t40-,42?,46+,49+/m0/s1. The third-order valence-corrected chi connectivity index (χ3v) is 15.5. The van der Waals surface area contributed by atoms with Crippen molar-refractivity contribution in [3.63, 3.8) is 0 Å². The van der Waals surface area contributed by atoms with Crippen molar-refractivity contribution in [1.82, 2.24) is 4.31 Å². The van der Waals surface area contributed by atoms with Crippen LogP contribution in [0.3, 0.4) is 0 Å². The highest BCUT2D eigenvalue weighted by Gasteiger charge is 2.45. The summed E-state index contributed by atoms with van der Waals surface area (Å²) in [6.07, 6.45) is 6.68. The molecule has 4 aromatic rings. The second kappa shape index (κ2) is 19.9. The molecular formula is C52H65ClN2O8S. The van der Waals surface area contributed by atoms with Crippen molar-refractivity contribution >= 4 is 33.3 Å². The predicted octanol–water partition coefficient (Wildman–Crippen LogP) is 10.4. The van der Waals surface area contributed by atoms with Crippen LogP contribution in [-0.2, 0) is 40.8 Å². The van der Waals surface area contributed by atoms with Crippen LogP contribution in [0.5, 0.6) is 17.2 Å². The Hall–Kier alpha value is -4.55. The first-order chi connectivity index (χ1) is 30.4. The van der Waals surface area contributed by atoms with Crippen molar-refractivity contribution < 1.29 is 37.3 Å². The quantitative estimate of drug-likeness (QED) is 0.0920. The maximum Gasteiger partial charge on any atom is 0.338 e. The van der Waals surface area contributed by atoms with E-state index in [1.54, 1.807) is 24.6 Å². The minimum absolute atomic E-state index is 0.0149. The molecule has 0 radical (unpaired) electrons. The molecule has 12 heteroatoms. The van der Waals surface area contributed by atoms with E-state index in [0.717, 1.165) is 60.2 Å². The van der Waals surface area contributed by atoms with Crippen LogP contribution in [0.2, 0.25) is 5.02 Å². The Morgan fingerprint density at radius 1 is 0.875 bits per heavy atom. The molecule has 1 saturated carbocycles. The second-order valence-electron chi connectivity index (χ2n) is 19.5. The molecule has 64 heavy (non-hydrogen) atoms. The van der Waals surface area contributed by atoms with Gasteiger partial charge in [-0.3, -0.25) is 0 Å². The summed E-state index contributed by atoms with van der Waals surface area (Å²) in [5, 5.41) is 12.7. The largest absolute Gasteiger partial charge is 0.497 e. The minimum atomic E-state index is -3.75. The van der Waals surface area contributed by atoms with E-state index in [9.17, 15) is 18.3 Å². The van der Waals surface area contributed by atoms with Gasteiger partial charge in [0.2, 0.25) is 10.0 Å². The number of carbonyl (C=O) groups is 1. The van der Waals surface area contributed by atoms with E-state index < -0.39 is 33.1 Å². The number of fused-ring (bicyclic) bond motifs is 2. The van der Waals surface area contributed by atoms with Gasteiger partial charge in [-0.25, -0.2) is 13.2 Å². The molecule has 344 valence electrons. The molecule has 0 amide bonds. The van der Waals surface area contributed by atoms with Crippen LogP contribution >= 0.6 is 11.6 Å². The summed E-state index contributed by atoms with van der Waals surface area (Å²) < 4.78 is 53.3. The molecule has 0 saturated heterocycles. The van der Waals surface area contributed by atoms with Gasteiger partial charge in [-0.05, 0) is 165 Å². The summed E-state index contributed by atoms with van der Waals surface area (Å²) in [7, 11) is -0.534. The van der Waals surface area contributed by atoms with Gasteiger partial charge in [0.1, 0.15) is 22.8 Å². The summed E-state index contributed by atoms with van der Waals surface area (Å²) in [5.41, 5.74) is 5.13. The van der Waals surface area contributed by atoms with E-state index in [4.69, 9.17) is 30.5 Å². The lowest BCUT2D eigenvalue weighted by atomic mass is 9.63. The average Bonchev–Trinajstić information content (AvgIpc) is 3.24. The molecule has 1 fully saturated rings. The molecule has 0 spiro atoms. The monoisotopic (exact) mass is 912 g/mol. The number of aryl methyl sites for hydroxylation is 1. The molecule has 10 nitrogen and oxygen atoms in total. The van der Waals surface area contributed by atoms with Gasteiger partial charge in [0.25, 0.3) is 0 Å². The Kier molecular flexibility index (Phi) is 14.7. The molecule has 7 rings (SSSR count). The number of hydrogen-bond acceptors (Lipinski definition) is 9. The molecule has 1 N–H and O–H groups in total. The number of rotatable bonds is 15. The lowest BCUT2D eigenvalue weighted by Crippen LogP contribution is -2.46. The normalized spacial score (nSPS) is 19.7. The van der Waals surface area contributed by atoms with Gasteiger partial charge in [0, 0.05) is 31.2 Å². The van der Waals surface area contributed by atoms with Crippen LogP contribution in [0, 0.1) is 23.2 Å². The number of aliphatic hydroxyl groups is 1. The number of benzene rings is 4. The molecule has 0 aromatic heterocycles. The second-order valence-corrected chi connectivity index (χ2v) is 21.9. The Bertz CT molecular complexity index is 2340. The zero-order chi connectivity index (χ0) is 45.8. The number of methoxy groups -OCH3 is 2. The highest BCUT2D eigenvalue weighted by atomic mass is 35.5. The number of esters is 1. The van der Waals surface area contributed by atoms with Gasteiger partial charge in [-0.1, -0.05) is 61.9 Å². The average molecular weight is 914 g/mol. The summed E-state index contributed by atoms with van der Waals surface area (Å²) in [5.74, 6) is 1.89. The molecule has 1 aliphatic heterocycles. The first-order valence-corrected chi connectivity index (χ1v) is 24.5. The minimum Gasteiger partial charge on any atom is -0.497 e. The third-order valence-electron chi connectivity index (χ3n) is 13.1. The van der Waals surface area contributed by atoms with E-state index in [1.165, 1.54) is 11.1 Å². The highest BCUT2D eigenvalue weighted by Crippen LogP contribution is 2.48. The number of carbonyl (C=O) groups excluding carboxylic acids is 1. The number of ether oxygens (including phenoxy) is 4. The zero-order valence-corrected chi connectivity index (χ0v) is 40.0. The maximum atomic E-state index is 14.4. The van der Waals surface area contributed by atoms with Crippen molar-refractivity contribution in [3.05, 3.63) is 129 Å². The third kappa shape index (κ3) is 11.6. The fourth-order valence-corrected chi connectivity index (χ4v) is 11.4. The smallest absolute Gasteiger partial charge is 0.338 e. The van der Waals surface area contributed by atoms with Crippen LogP contribution in [-0.4, -0.2) is 68.6 Å². The first kappa shape index (κ1) is 47.4. The highest BCUT2D eigenvalue weighted by molar-refractivity contribution is 7.89. The number of sulfonamides is 1. The fraction of sp³-hybridized carbons (Fsp3) is 0.481. The number of aliphatic hydroxyl groups excluding tert-OH is 1. The van der Waals surface area contributed by atoms with Crippen molar-refractivity contribution in [2.75, 3.05) is 38.0 Å². The predicted molar refractivity (Wildman–Crippen MR) is 254 cm³/mol. The lowest BCUT2D eigenvalue weighted by Gasteiger charge is -2.47. The van der Waals surface area contributed by atoms with Crippen molar-refractivity contribution in [3.8, 4) is 17.2 Å². The van der Waals surface area contributed by atoms with Crippen LogP contribution in [0.15, 0.2) is 96.6 Å². The number of nitrogens with zero attached hydrogens (tertiary/aromatic N) is 2. The van der Waals surface area contributed by atoms with Gasteiger partial charge in [-0.15, -0.1) is 0 Å². The Morgan fingerprint density at radius 2 is 1.52 bits per heavy atom. The van der Waals surface area contributed by atoms with E-state index in [1.807, 2.05) is 101 Å². The summed E-state index contributed by atoms with van der Waals surface area (Å²) in [4.78, 5) is 15.7. The van der Waals surface area contributed by atoms with E-state index in [-0.39, 0.29) is 36.6 Å². The molecule has 2 aliphatic carbocycles. The molecule has 1 unspecified atom stereocenters. The zero-order valence-electron chi connectivity index (χ0n) is 38.4. The fourth-order valence-electron chi connectivity index (χ4n) is 9.17. The molecular weight excluding hydrogens is 848 g/mol. The number of halogens is 1. The summed E-state index contributed by atoms with van der Waals surface area (Å²) in [6, 6.07) is 26.7. The van der Waals surface area contributed by atoms with Gasteiger partial charge in [0.15, 0.2) is 0 Å². The van der Waals surface area contributed by atoms with Crippen molar-refractivity contribution in [2.45, 2.75) is 104 Å². The number of hydrogen-bond donors (Lipinski definition) is 1. The molecule has 4 aromatic carbocycles. The number of anilines is 1. The molecule has 4 atom stereocenters. The van der Waals surface area contributed by atoms with Gasteiger partial charge in [0.05, 0.1) is 43.9 Å². The van der Waals surface area contributed by atoms with Crippen LogP contribution in [0.25, 0.3) is 0 Å². The van der Waals surface area contributed by atoms with E-state index >= 15 is 0 Å². The summed E-state index contributed by atoms with van der Waals surface area (Å²) in [6.45, 7) is 11.8. The van der Waals surface area contributed by atoms with Crippen molar-refractivity contribution in [2.24, 2.45) is 23.2 Å². The SMILES string of the molecule is COc1ccc(CN(Cc2ccc(OC)cc2)S(=O)(=O)CC(C)(C)C2C=C([C@@H](O)[C@@H]3CC[C@H]3CN3Cc4ccc(Cl)cc4CCCCOc4ccc(C(=O)OC(C)(C)C)cc43)C2)cc1.